The van der Waals surface area contributed by atoms with Gasteiger partial charge in [0, 0.05) is 45.8 Å². The highest BCUT2D eigenvalue weighted by molar-refractivity contribution is 7.28. The highest BCUT2D eigenvalue weighted by Gasteiger charge is 2.36. The van der Waals surface area contributed by atoms with Crippen molar-refractivity contribution in [2.45, 2.75) is 19.3 Å². The maximum Gasteiger partial charge on any atom is 0.0434 e. The smallest absolute Gasteiger partial charge is 0.0434 e. The van der Waals surface area contributed by atoms with E-state index in [1.165, 1.54) is 128 Å². The van der Waals surface area contributed by atoms with E-state index in [2.05, 4.69) is 196 Å². The van der Waals surface area contributed by atoms with Crippen molar-refractivity contribution in [2.24, 2.45) is 0 Å². The lowest BCUT2D eigenvalue weighted by Crippen LogP contribution is -2.15. The third-order valence-corrected chi connectivity index (χ3v) is 15.6. The third-order valence-electron chi connectivity index (χ3n) is 13.3. The number of hydrogen-bond donors (Lipinski definition) is 0. The summed E-state index contributed by atoms with van der Waals surface area (Å²) in [6.45, 7) is 4.81. The van der Waals surface area contributed by atoms with E-state index in [4.69, 9.17) is 0 Å². The van der Waals surface area contributed by atoms with Crippen LogP contribution in [0, 0.1) is 0 Å². The predicted molar refractivity (Wildman–Crippen MR) is 259 cm³/mol. The van der Waals surface area contributed by atoms with Gasteiger partial charge in [0.15, 0.2) is 0 Å². The second-order valence-electron chi connectivity index (χ2n) is 16.7. The molecule has 2 heteroatoms. The van der Waals surface area contributed by atoms with E-state index < -0.39 is 0 Å². The Bertz CT molecular complexity index is 3700. The van der Waals surface area contributed by atoms with Gasteiger partial charge >= 0.3 is 0 Å². The first-order chi connectivity index (χ1) is 29.0. The van der Waals surface area contributed by atoms with E-state index >= 15 is 0 Å². The van der Waals surface area contributed by atoms with Crippen molar-refractivity contribution in [2.75, 3.05) is 0 Å². The average molecular weight is 785 g/mol. The Morgan fingerprint density at radius 1 is 0.339 bits per heavy atom. The molecule has 0 amide bonds. The zero-order valence-electron chi connectivity index (χ0n) is 32.6. The SMILES string of the molecule is CC1(C)c2ccc(-c3cccc4c3sc3ccc5sc6ccccc6c5c34)cc2-c2ccc(-c3c4ccccc4c(-c4cccc5ccccc45)c4ccccc34)cc21. The molecule has 2 heterocycles. The molecule has 59 heavy (non-hydrogen) atoms. The van der Waals surface area contributed by atoms with Gasteiger partial charge in [0.05, 0.1) is 0 Å². The molecule has 276 valence electrons. The molecule has 0 spiro atoms. The lowest BCUT2D eigenvalue weighted by molar-refractivity contribution is 0.660. The first kappa shape index (κ1) is 33.4. The second kappa shape index (κ2) is 12.2. The lowest BCUT2D eigenvalue weighted by Gasteiger charge is -2.23. The van der Waals surface area contributed by atoms with E-state index in [0.29, 0.717) is 0 Å². The molecule has 0 fully saturated rings. The van der Waals surface area contributed by atoms with Crippen LogP contribution in [0.2, 0.25) is 0 Å². The van der Waals surface area contributed by atoms with Gasteiger partial charge in [-0.2, -0.15) is 0 Å². The molecule has 0 radical (unpaired) electrons. The summed E-state index contributed by atoms with van der Waals surface area (Å²) in [6.07, 6.45) is 0. The van der Waals surface area contributed by atoms with Crippen LogP contribution in [0.5, 0.6) is 0 Å². The molecule has 0 unspecified atom stereocenters. The van der Waals surface area contributed by atoms with E-state index in [1.54, 1.807) is 0 Å². The standard InChI is InChI=1S/C57H36S2/c1-57(2)47-28-26-34(37-21-12-23-45-55-51(59-56(37)45)30-29-50-54(55)44-20-9-10-24-49(44)58-50)31-46(47)38-27-25-35(32-48(38)57)52-40-16-5-7-18-42(40)53(43-19-8-6-17-41(43)52)39-22-11-14-33-13-3-4-15-36(33)39/h3-32H,1-2H3. The molecule has 0 atom stereocenters. The van der Waals surface area contributed by atoms with Crippen LogP contribution in [-0.2, 0) is 5.41 Å². The number of thiophene rings is 2. The zero-order valence-corrected chi connectivity index (χ0v) is 34.3. The zero-order chi connectivity index (χ0) is 39.0. The van der Waals surface area contributed by atoms with Gasteiger partial charge in [0.25, 0.3) is 0 Å². The third kappa shape index (κ3) is 4.65. The van der Waals surface area contributed by atoms with E-state index in [0.717, 1.165) is 0 Å². The van der Waals surface area contributed by atoms with Crippen LogP contribution >= 0.6 is 22.7 Å². The highest BCUT2D eigenvalue weighted by Crippen LogP contribution is 2.53. The summed E-state index contributed by atoms with van der Waals surface area (Å²) in [4.78, 5) is 0. The summed E-state index contributed by atoms with van der Waals surface area (Å²) in [7, 11) is 0. The van der Waals surface area contributed by atoms with Crippen molar-refractivity contribution in [3.63, 3.8) is 0 Å². The molecule has 0 aliphatic heterocycles. The number of fused-ring (bicyclic) bond motifs is 13. The van der Waals surface area contributed by atoms with Crippen molar-refractivity contribution in [1.82, 2.24) is 0 Å². The van der Waals surface area contributed by atoms with Crippen LogP contribution in [0.4, 0.5) is 0 Å². The van der Waals surface area contributed by atoms with Gasteiger partial charge in [-0.25, -0.2) is 0 Å². The Balaban J connectivity index is 0.988. The fourth-order valence-electron chi connectivity index (χ4n) is 10.6. The largest absolute Gasteiger partial charge is 0.135 e. The summed E-state index contributed by atoms with van der Waals surface area (Å²) in [5.41, 5.74) is 13.1. The number of hydrogen-bond acceptors (Lipinski definition) is 2. The van der Waals surface area contributed by atoms with Gasteiger partial charge in [-0.1, -0.05) is 166 Å². The van der Waals surface area contributed by atoms with Gasteiger partial charge < -0.3 is 0 Å². The molecule has 1 aliphatic rings. The second-order valence-corrected chi connectivity index (χ2v) is 18.8. The fraction of sp³-hybridized carbons (Fsp3) is 0.0526. The van der Waals surface area contributed by atoms with Crippen LogP contribution < -0.4 is 0 Å². The monoisotopic (exact) mass is 784 g/mol. The van der Waals surface area contributed by atoms with E-state index in [9.17, 15) is 0 Å². The first-order valence-electron chi connectivity index (χ1n) is 20.5. The number of benzene rings is 10. The minimum atomic E-state index is -0.150. The Hall–Kier alpha value is -6.58. The summed E-state index contributed by atoms with van der Waals surface area (Å²) in [5, 5.41) is 13.2. The quantitative estimate of drug-likeness (QED) is 0.157. The van der Waals surface area contributed by atoms with Gasteiger partial charge in [-0.05, 0) is 118 Å². The summed E-state index contributed by atoms with van der Waals surface area (Å²) >= 11 is 3.83. The maximum atomic E-state index is 2.50. The molecule has 0 saturated carbocycles. The van der Waals surface area contributed by atoms with Crippen molar-refractivity contribution >= 4 is 95.3 Å². The highest BCUT2D eigenvalue weighted by atomic mass is 32.1. The normalized spacial score (nSPS) is 13.4. The Morgan fingerprint density at radius 2 is 0.915 bits per heavy atom. The summed E-state index contributed by atoms with van der Waals surface area (Å²) < 4.78 is 5.44. The topological polar surface area (TPSA) is 0 Å². The van der Waals surface area contributed by atoms with Gasteiger partial charge in [-0.3, -0.25) is 0 Å². The van der Waals surface area contributed by atoms with Crippen LogP contribution in [0.15, 0.2) is 182 Å². The van der Waals surface area contributed by atoms with Crippen LogP contribution in [0.3, 0.4) is 0 Å². The predicted octanol–water partition coefficient (Wildman–Crippen LogP) is 17.2. The molecule has 13 rings (SSSR count). The Morgan fingerprint density at radius 3 is 1.69 bits per heavy atom. The Labute approximate surface area is 350 Å². The van der Waals surface area contributed by atoms with E-state index in [1.807, 2.05) is 22.7 Å². The van der Waals surface area contributed by atoms with Gasteiger partial charge in [0.1, 0.15) is 0 Å². The van der Waals surface area contributed by atoms with Crippen LogP contribution in [0.1, 0.15) is 25.0 Å². The van der Waals surface area contributed by atoms with Crippen LogP contribution in [-0.4, -0.2) is 0 Å². The van der Waals surface area contributed by atoms with Crippen molar-refractivity contribution in [3.8, 4) is 44.5 Å². The number of rotatable bonds is 3. The lowest BCUT2D eigenvalue weighted by atomic mass is 9.80. The molecule has 12 aromatic rings. The molecule has 0 nitrogen and oxygen atoms in total. The molecular formula is C57H36S2. The maximum absolute atomic E-state index is 2.50. The molecule has 2 aromatic heterocycles. The molecular weight excluding hydrogens is 749 g/mol. The van der Waals surface area contributed by atoms with Crippen molar-refractivity contribution in [1.29, 1.82) is 0 Å². The molecule has 0 N–H and O–H groups in total. The van der Waals surface area contributed by atoms with Crippen molar-refractivity contribution < 1.29 is 0 Å². The van der Waals surface area contributed by atoms with Gasteiger partial charge in [0.2, 0.25) is 0 Å². The Kier molecular flexibility index (Phi) is 6.92. The van der Waals surface area contributed by atoms with Crippen molar-refractivity contribution in [3.05, 3.63) is 193 Å². The van der Waals surface area contributed by atoms with Gasteiger partial charge in [-0.15, -0.1) is 22.7 Å². The summed E-state index contributed by atoms with van der Waals surface area (Å²) in [6, 6.07) is 68.6. The molecule has 0 saturated heterocycles. The first-order valence-corrected chi connectivity index (χ1v) is 22.1. The molecule has 0 bridgehead atoms. The minimum Gasteiger partial charge on any atom is -0.135 e. The average Bonchev–Trinajstić information content (AvgIpc) is 3.92. The molecule has 10 aromatic carbocycles. The van der Waals surface area contributed by atoms with Crippen LogP contribution in [0.25, 0.3) is 117 Å². The molecule has 1 aliphatic carbocycles. The minimum absolute atomic E-state index is 0.150. The summed E-state index contributed by atoms with van der Waals surface area (Å²) in [5.74, 6) is 0. The fourth-order valence-corrected chi connectivity index (χ4v) is 12.9. The van der Waals surface area contributed by atoms with E-state index in [-0.39, 0.29) is 5.41 Å².